The third-order valence-corrected chi connectivity index (χ3v) is 4.10. The van der Waals surface area contributed by atoms with E-state index in [9.17, 15) is 0 Å². The zero-order chi connectivity index (χ0) is 11.0. The van der Waals surface area contributed by atoms with Crippen LogP contribution in [0.1, 0.15) is 32.1 Å². The molecule has 0 saturated heterocycles. The first kappa shape index (κ1) is 13.3. The summed E-state index contributed by atoms with van der Waals surface area (Å²) in [5.74, 6) is 1.31. The Hall–Kier alpha value is 0.270. The standard InChI is InChI=1S/C12H25NOS/c1-14-9-8-13-11-12(7-10-15-2)5-3-4-6-12/h13H,3-11H2,1-2H3. The second-order valence-corrected chi connectivity index (χ2v) is 5.61. The van der Waals surface area contributed by atoms with Gasteiger partial charge in [0.15, 0.2) is 0 Å². The van der Waals surface area contributed by atoms with Gasteiger partial charge in [0.2, 0.25) is 0 Å². The van der Waals surface area contributed by atoms with Crippen molar-refractivity contribution in [3.05, 3.63) is 0 Å². The lowest BCUT2D eigenvalue weighted by Gasteiger charge is -2.29. The molecule has 0 unspecified atom stereocenters. The first-order valence-electron chi connectivity index (χ1n) is 6.02. The van der Waals surface area contributed by atoms with Crippen LogP contribution in [-0.2, 0) is 4.74 Å². The maximum atomic E-state index is 5.05. The van der Waals surface area contributed by atoms with Crippen molar-refractivity contribution in [2.75, 3.05) is 38.8 Å². The van der Waals surface area contributed by atoms with Crippen molar-refractivity contribution in [2.45, 2.75) is 32.1 Å². The largest absolute Gasteiger partial charge is 0.383 e. The van der Waals surface area contributed by atoms with Crippen molar-refractivity contribution in [3.63, 3.8) is 0 Å². The Balaban J connectivity index is 2.23. The summed E-state index contributed by atoms with van der Waals surface area (Å²) in [6.45, 7) is 3.02. The Morgan fingerprint density at radius 3 is 2.67 bits per heavy atom. The Kier molecular flexibility index (Phi) is 6.69. The van der Waals surface area contributed by atoms with Gasteiger partial charge in [0, 0.05) is 20.2 Å². The zero-order valence-electron chi connectivity index (χ0n) is 10.2. The van der Waals surface area contributed by atoms with Gasteiger partial charge in [-0.1, -0.05) is 12.8 Å². The van der Waals surface area contributed by atoms with Crippen LogP contribution in [0, 0.1) is 5.41 Å². The van der Waals surface area contributed by atoms with E-state index in [0.717, 1.165) is 13.2 Å². The van der Waals surface area contributed by atoms with Crippen LogP contribution >= 0.6 is 11.8 Å². The third-order valence-electron chi connectivity index (χ3n) is 3.48. The number of hydrogen-bond acceptors (Lipinski definition) is 3. The summed E-state index contributed by atoms with van der Waals surface area (Å²) in [7, 11) is 1.76. The molecule has 0 spiro atoms. The summed E-state index contributed by atoms with van der Waals surface area (Å²) in [6.07, 6.45) is 9.30. The summed E-state index contributed by atoms with van der Waals surface area (Å²) in [5.41, 5.74) is 0.608. The lowest BCUT2D eigenvalue weighted by atomic mass is 9.83. The van der Waals surface area contributed by atoms with Crippen LogP contribution in [0.3, 0.4) is 0 Å². The molecule has 1 saturated carbocycles. The van der Waals surface area contributed by atoms with Crippen LogP contribution in [0.2, 0.25) is 0 Å². The van der Waals surface area contributed by atoms with E-state index in [2.05, 4.69) is 11.6 Å². The van der Waals surface area contributed by atoms with Crippen molar-refractivity contribution >= 4 is 11.8 Å². The van der Waals surface area contributed by atoms with Gasteiger partial charge < -0.3 is 10.1 Å². The summed E-state index contributed by atoms with van der Waals surface area (Å²) < 4.78 is 5.05. The molecule has 1 aliphatic rings. The minimum atomic E-state index is 0.608. The number of ether oxygens (including phenoxy) is 1. The minimum Gasteiger partial charge on any atom is -0.383 e. The Labute approximate surface area is 98.5 Å². The molecule has 0 bridgehead atoms. The quantitative estimate of drug-likeness (QED) is 0.649. The molecule has 0 atom stereocenters. The lowest BCUT2D eigenvalue weighted by molar-refractivity contribution is 0.189. The maximum Gasteiger partial charge on any atom is 0.0587 e. The first-order valence-corrected chi connectivity index (χ1v) is 7.41. The van der Waals surface area contributed by atoms with Crippen molar-refractivity contribution in [1.29, 1.82) is 0 Å². The summed E-state index contributed by atoms with van der Waals surface area (Å²) in [5, 5.41) is 3.54. The van der Waals surface area contributed by atoms with Crippen LogP contribution in [0.25, 0.3) is 0 Å². The average molecular weight is 231 g/mol. The molecule has 3 heteroatoms. The fourth-order valence-electron chi connectivity index (χ4n) is 2.49. The van der Waals surface area contributed by atoms with Gasteiger partial charge in [-0.15, -0.1) is 0 Å². The second kappa shape index (κ2) is 7.53. The molecular formula is C12H25NOS. The number of rotatable bonds is 8. The molecule has 90 valence electrons. The molecule has 0 aromatic heterocycles. The van der Waals surface area contributed by atoms with E-state index < -0.39 is 0 Å². The van der Waals surface area contributed by atoms with E-state index in [1.54, 1.807) is 7.11 Å². The van der Waals surface area contributed by atoms with Gasteiger partial charge in [-0.25, -0.2) is 0 Å². The highest BCUT2D eigenvalue weighted by atomic mass is 32.2. The Bertz CT molecular complexity index is 158. The molecule has 0 amide bonds. The number of nitrogens with one attached hydrogen (secondary N) is 1. The predicted octanol–water partition coefficient (Wildman–Crippen LogP) is 2.54. The molecule has 1 aliphatic carbocycles. The van der Waals surface area contributed by atoms with Gasteiger partial charge in [0.25, 0.3) is 0 Å². The van der Waals surface area contributed by atoms with E-state index in [1.807, 2.05) is 11.8 Å². The summed E-state index contributed by atoms with van der Waals surface area (Å²) in [6, 6.07) is 0. The van der Waals surface area contributed by atoms with Crippen LogP contribution in [0.15, 0.2) is 0 Å². The Morgan fingerprint density at radius 1 is 1.33 bits per heavy atom. The van der Waals surface area contributed by atoms with Gasteiger partial charge in [0.05, 0.1) is 6.61 Å². The number of hydrogen-bond donors (Lipinski definition) is 1. The van der Waals surface area contributed by atoms with E-state index in [-0.39, 0.29) is 0 Å². The molecule has 15 heavy (non-hydrogen) atoms. The smallest absolute Gasteiger partial charge is 0.0587 e. The number of thioether (sulfide) groups is 1. The minimum absolute atomic E-state index is 0.608. The molecule has 1 fully saturated rings. The third kappa shape index (κ3) is 4.75. The van der Waals surface area contributed by atoms with Crippen molar-refractivity contribution < 1.29 is 4.74 Å². The lowest BCUT2D eigenvalue weighted by Crippen LogP contribution is -2.34. The topological polar surface area (TPSA) is 21.3 Å². The predicted molar refractivity (Wildman–Crippen MR) is 68.6 cm³/mol. The molecule has 0 aromatic rings. The maximum absolute atomic E-state index is 5.05. The van der Waals surface area contributed by atoms with Crippen LogP contribution < -0.4 is 5.32 Å². The van der Waals surface area contributed by atoms with E-state index in [0.29, 0.717) is 5.41 Å². The molecule has 0 aliphatic heterocycles. The van der Waals surface area contributed by atoms with Gasteiger partial charge in [0.1, 0.15) is 0 Å². The van der Waals surface area contributed by atoms with Crippen molar-refractivity contribution in [3.8, 4) is 0 Å². The van der Waals surface area contributed by atoms with Gasteiger partial charge in [-0.05, 0) is 36.7 Å². The van der Waals surface area contributed by atoms with Gasteiger partial charge >= 0.3 is 0 Å². The Morgan fingerprint density at radius 2 is 2.07 bits per heavy atom. The molecule has 0 radical (unpaired) electrons. The second-order valence-electron chi connectivity index (χ2n) is 4.62. The fourth-order valence-corrected chi connectivity index (χ4v) is 3.12. The van der Waals surface area contributed by atoms with E-state index >= 15 is 0 Å². The normalized spacial score (nSPS) is 19.6. The fraction of sp³-hybridized carbons (Fsp3) is 1.00. The molecule has 1 N–H and O–H groups in total. The monoisotopic (exact) mass is 231 g/mol. The molecule has 0 heterocycles. The molecular weight excluding hydrogens is 206 g/mol. The van der Waals surface area contributed by atoms with Gasteiger partial charge in [-0.3, -0.25) is 0 Å². The molecule has 1 rings (SSSR count). The van der Waals surface area contributed by atoms with Gasteiger partial charge in [-0.2, -0.15) is 11.8 Å². The summed E-state index contributed by atoms with van der Waals surface area (Å²) >= 11 is 1.98. The van der Waals surface area contributed by atoms with Crippen LogP contribution in [-0.4, -0.2) is 38.8 Å². The highest BCUT2D eigenvalue weighted by Gasteiger charge is 2.32. The highest BCUT2D eigenvalue weighted by molar-refractivity contribution is 7.98. The summed E-state index contributed by atoms with van der Waals surface area (Å²) in [4.78, 5) is 0. The average Bonchev–Trinajstić information content (AvgIpc) is 2.71. The zero-order valence-corrected chi connectivity index (χ0v) is 11.0. The molecule has 2 nitrogen and oxygen atoms in total. The first-order chi connectivity index (χ1) is 7.33. The van der Waals surface area contributed by atoms with Crippen LogP contribution in [0.5, 0.6) is 0 Å². The SMILES string of the molecule is COCCNCC1(CCSC)CCCC1. The van der Waals surface area contributed by atoms with Crippen LogP contribution in [0.4, 0.5) is 0 Å². The molecule has 0 aromatic carbocycles. The van der Waals surface area contributed by atoms with E-state index in [1.165, 1.54) is 44.4 Å². The number of methoxy groups -OCH3 is 1. The van der Waals surface area contributed by atoms with Crippen molar-refractivity contribution in [1.82, 2.24) is 5.32 Å². The van der Waals surface area contributed by atoms with Crippen molar-refractivity contribution in [2.24, 2.45) is 5.41 Å². The van der Waals surface area contributed by atoms with E-state index in [4.69, 9.17) is 4.74 Å². The highest BCUT2D eigenvalue weighted by Crippen LogP contribution is 2.41.